The number of aliphatic hydroxyl groups excluding tert-OH is 1. The molecule has 2 atom stereocenters. The number of aliphatic hydroxyl groups is 1. The summed E-state index contributed by atoms with van der Waals surface area (Å²) in [6.07, 6.45) is 0.573. The van der Waals surface area contributed by atoms with Crippen molar-refractivity contribution in [3.8, 4) is 0 Å². The summed E-state index contributed by atoms with van der Waals surface area (Å²) in [6, 6.07) is 0. The summed E-state index contributed by atoms with van der Waals surface area (Å²) in [5.41, 5.74) is 0.993. The van der Waals surface area contributed by atoms with Crippen LogP contribution in [0.2, 0.25) is 0 Å². The molecule has 0 spiro atoms. The molecule has 1 fully saturated rings. The Labute approximate surface area is 127 Å². The van der Waals surface area contributed by atoms with Crippen molar-refractivity contribution in [2.24, 2.45) is 5.92 Å². The Bertz CT molecular complexity index is 722. The molecule has 1 aliphatic heterocycles. The van der Waals surface area contributed by atoms with E-state index in [4.69, 9.17) is 0 Å². The number of likely N-dealkylation sites (tertiary alicyclic amines) is 1. The number of aromatic nitrogens is 2. The summed E-state index contributed by atoms with van der Waals surface area (Å²) in [6.45, 7) is 8.37. The van der Waals surface area contributed by atoms with Crippen LogP contribution in [0.1, 0.15) is 29.6 Å². The van der Waals surface area contributed by atoms with E-state index in [1.54, 1.807) is 11.3 Å². The number of aromatic amines is 1. The lowest BCUT2D eigenvalue weighted by Crippen LogP contribution is -2.41. The van der Waals surface area contributed by atoms with E-state index in [0.717, 1.165) is 46.0 Å². The average molecular weight is 307 g/mol. The maximum absolute atomic E-state index is 12.2. The molecule has 114 valence electrons. The average Bonchev–Trinajstić information content (AvgIpc) is 2.70. The van der Waals surface area contributed by atoms with Crippen LogP contribution in [0.3, 0.4) is 0 Å². The summed E-state index contributed by atoms with van der Waals surface area (Å²) in [5.74, 6) is 0.984. The standard InChI is InChI=1S/C15H21N3O2S/c1-8-6-18(5-4-11(8)19)7-12-16-14(20)13-9(2)10(3)21-15(13)17-12/h8,11,19H,4-7H2,1-3H3,(H,16,17,20). The second-order valence-corrected chi connectivity index (χ2v) is 7.25. The molecule has 2 aromatic heterocycles. The van der Waals surface area contributed by atoms with Gasteiger partial charge >= 0.3 is 0 Å². The summed E-state index contributed by atoms with van der Waals surface area (Å²) in [4.78, 5) is 24.0. The normalized spacial score (nSPS) is 23.8. The maximum atomic E-state index is 12.2. The number of aryl methyl sites for hydroxylation is 2. The molecular weight excluding hydrogens is 286 g/mol. The summed E-state index contributed by atoms with van der Waals surface area (Å²) < 4.78 is 0. The summed E-state index contributed by atoms with van der Waals surface area (Å²) in [5, 5.41) is 10.5. The van der Waals surface area contributed by atoms with Crippen LogP contribution in [0, 0.1) is 19.8 Å². The fourth-order valence-electron chi connectivity index (χ4n) is 2.95. The molecule has 3 rings (SSSR count). The fourth-order valence-corrected chi connectivity index (χ4v) is 4.00. The van der Waals surface area contributed by atoms with E-state index in [9.17, 15) is 9.90 Å². The molecule has 6 heteroatoms. The van der Waals surface area contributed by atoms with Crippen molar-refractivity contribution in [2.45, 2.75) is 39.8 Å². The van der Waals surface area contributed by atoms with Crippen LogP contribution in [0.5, 0.6) is 0 Å². The van der Waals surface area contributed by atoms with Crippen molar-refractivity contribution in [1.82, 2.24) is 14.9 Å². The van der Waals surface area contributed by atoms with Crippen LogP contribution in [0.25, 0.3) is 10.2 Å². The Balaban J connectivity index is 1.87. The predicted molar refractivity (Wildman–Crippen MR) is 84.8 cm³/mol. The lowest BCUT2D eigenvalue weighted by molar-refractivity contribution is 0.0311. The molecule has 2 N–H and O–H groups in total. The van der Waals surface area contributed by atoms with Crippen LogP contribution in [0.15, 0.2) is 4.79 Å². The molecule has 2 aromatic rings. The molecule has 0 aromatic carbocycles. The Morgan fingerprint density at radius 1 is 1.48 bits per heavy atom. The first-order valence-electron chi connectivity index (χ1n) is 7.35. The molecule has 2 unspecified atom stereocenters. The minimum absolute atomic E-state index is 0.0399. The zero-order chi connectivity index (χ0) is 15.1. The zero-order valence-corrected chi connectivity index (χ0v) is 13.5. The third-order valence-electron chi connectivity index (χ3n) is 4.41. The minimum atomic E-state index is -0.210. The number of piperidine rings is 1. The van der Waals surface area contributed by atoms with Crippen LogP contribution < -0.4 is 5.56 Å². The number of thiophene rings is 1. The maximum Gasteiger partial charge on any atom is 0.259 e. The number of H-pyrrole nitrogens is 1. The Morgan fingerprint density at radius 2 is 2.24 bits per heavy atom. The number of nitrogens with one attached hydrogen (secondary N) is 1. The first-order chi connectivity index (χ1) is 9.95. The van der Waals surface area contributed by atoms with Crippen molar-refractivity contribution in [1.29, 1.82) is 0 Å². The highest BCUT2D eigenvalue weighted by atomic mass is 32.1. The van der Waals surface area contributed by atoms with Gasteiger partial charge in [-0.25, -0.2) is 4.98 Å². The van der Waals surface area contributed by atoms with Gasteiger partial charge in [-0.05, 0) is 31.7 Å². The summed E-state index contributed by atoms with van der Waals surface area (Å²) in [7, 11) is 0. The molecule has 0 bridgehead atoms. The third-order valence-corrected chi connectivity index (χ3v) is 5.51. The van der Waals surface area contributed by atoms with Crippen molar-refractivity contribution in [3.63, 3.8) is 0 Å². The number of rotatable bonds is 2. The smallest absolute Gasteiger partial charge is 0.259 e. The summed E-state index contributed by atoms with van der Waals surface area (Å²) >= 11 is 1.58. The van der Waals surface area contributed by atoms with Gasteiger partial charge in [0.25, 0.3) is 5.56 Å². The highest BCUT2D eigenvalue weighted by Gasteiger charge is 2.24. The predicted octanol–water partition coefficient (Wildman–Crippen LogP) is 1.80. The van der Waals surface area contributed by atoms with E-state index < -0.39 is 0 Å². The van der Waals surface area contributed by atoms with Crippen LogP contribution in [-0.4, -0.2) is 39.2 Å². The van der Waals surface area contributed by atoms with Gasteiger partial charge in [0.2, 0.25) is 0 Å². The Morgan fingerprint density at radius 3 is 2.95 bits per heavy atom. The van der Waals surface area contributed by atoms with Gasteiger partial charge in [-0.15, -0.1) is 11.3 Å². The molecular formula is C15H21N3O2S. The Kier molecular flexibility index (Phi) is 3.86. The molecule has 1 saturated heterocycles. The second-order valence-electron chi connectivity index (χ2n) is 6.04. The largest absolute Gasteiger partial charge is 0.393 e. The topological polar surface area (TPSA) is 69.2 Å². The third kappa shape index (κ3) is 2.75. The van der Waals surface area contributed by atoms with E-state index in [1.165, 1.54) is 0 Å². The first kappa shape index (κ1) is 14.7. The SMILES string of the molecule is Cc1sc2nc(CN3CCC(O)C(C)C3)[nH]c(=O)c2c1C. The zero-order valence-electron chi connectivity index (χ0n) is 12.6. The monoisotopic (exact) mass is 307 g/mol. The highest BCUT2D eigenvalue weighted by Crippen LogP contribution is 2.26. The molecule has 1 aliphatic rings. The molecule has 5 nitrogen and oxygen atoms in total. The number of nitrogens with zero attached hydrogens (tertiary/aromatic N) is 2. The number of hydrogen-bond acceptors (Lipinski definition) is 5. The van der Waals surface area contributed by atoms with Gasteiger partial charge < -0.3 is 10.1 Å². The van der Waals surface area contributed by atoms with Crippen LogP contribution in [0.4, 0.5) is 0 Å². The van der Waals surface area contributed by atoms with E-state index in [2.05, 4.69) is 21.8 Å². The van der Waals surface area contributed by atoms with Crippen LogP contribution in [-0.2, 0) is 6.54 Å². The van der Waals surface area contributed by atoms with Gasteiger partial charge in [-0.1, -0.05) is 6.92 Å². The lowest BCUT2D eigenvalue weighted by Gasteiger charge is -2.33. The molecule has 3 heterocycles. The van der Waals surface area contributed by atoms with E-state index in [-0.39, 0.29) is 17.6 Å². The molecule has 0 saturated carbocycles. The van der Waals surface area contributed by atoms with E-state index in [1.807, 2.05) is 13.8 Å². The highest BCUT2D eigenvalue weighted by molar-refractivity contribution is 7.18. The molecule has 0 radical (unpaired) electrons. The van der Waals surface area contributed by atoms with Gasteiger partial charge in [0.05, 0.1) is 18.0 Å². The quantitative estimate of drug-likeness (QED) is 0.888. The molecule has 0 amide bonds. The molecule has 0 aliphatic carbocycles. The molecule has 21 heavy (non-hydrogen) atoms. The Hall–Kier alpha value is -1.24. The van der Waals surface area contributed by atoms with Gasteiger partial charge in [0.1, 0.15) is 10.7 Å². The lowest BCUT2D eigenvalue weighted by atomic mass is 9.97. The number of fused-ring (bicyclic) bond motifs is 1. The van der Waals surface area contributed by atoms with Crippen molar-refractivity contribution >= 4 is 21.6 Å². The van der Waals surface area contributed by atoms with E-state index in [0.29, 0.717) is 6.54 Å². The van der Waals surface area contributed by atoms with Gasteiger partial charge in [0.15, 0.2) is 0 Å². The van der Waals surface area contributed by atoms with Crippen molar-refractivity contribution in [3.05, 3.63) is 26.6 Å². The van der Waals surface area contributed by atoms with Crippen LogP contribution >= 0.6 is 11.3 Å². The van der Waals surface area contributed by atoms with Gasteiger partial charge in [-0.3, -0.25) is 9.69 Å². The van der Waals surface area contributed by atoms with Gasteiger partial charge in [0, 0.05) is 18.0 Å². The van der Waals surface area contributed by atoms with Crippen molar-refractivity contribution < 1.29 is 5.11 Å². The van der Waals surface area contributed by atoms with Crippen molar-refractivity contribution in [2.75, 3.05) is 13.1 Å². The number of hydrogen-bond donors (Lipinski definition) is 2. The first-order valence-corrected chi connectivity index (χ1v) is 8.16. The second kappa shape index (κ2) is 5.51. The fraction of sp³-hybridized carbons (Fsp3) is 0.600. The van der Waals surface area contributed by atoms with E-state index >= 15 is 0 Å². The minimum Gasteiger partial charge on any atom is -0.393 e. The van der Waals surface area contributed by atoms with Gasteiger partial charge in [-0.2, -0.15) is 0 Å².